The van der Waals surface area contributed by atoms with E-state index in [9.17, 15) is 9.59 Å². The van der Waals surface area contributed by atoms with Gasteiger partial charge in [-0.2, -0.15) is 0 Å². The molecule has 0 amide bonds. The van der Waals surface area contributed by atoms with Crippen molar-refractivity contribution in [3.05, 3.63) is 107 Å². The average Bonchev–Trinajstić information content (AvgIpc) is 3.09. The van der Waals surface area contributed by atoms with Crippen molar-refractivity contribution in [2.75, 3.05) is 0 Å². The fourth-order valence-corrected chi connectivity index (χ4v) is 2.90. The number of rotatable bonds is 4. The molecule has 0 spiro atoms. The Labute approximate surface area is 167 Å². The summed E-state index contributed by atoms with van der Waals surface area (Å²) in [4.78, 5) is 28.8. The zero-order valence-corrected chi connectivity index (χ0v) is 15.7. The van der Waals surface area contributed by atoms with E-state index >= 15 is 0 Å². The van der Waals surface area contributed by atoms with Gasteiger partial charge >= 0.3 is 11.9 Å². The van der Waals surface area contributed by atoms with Gasteiger partial charge in [0, 0.05) is 5.56 Å². The topological polar surface area (TPSA) is 65.0 Å². The first-order chi connectivity index (χ1) is 14.1. The van der Waals surface area contributed by atoms with E-state index in [0.29, 0.717) is 16.9 Å². The molecule has 29 heavy (non-hydrogen) atoms. The molecule has 0 unspecified atom stereocenters. The lowest BCUT2D eigenvalue weighted by Crippen LogP contribution is -2.08. The van der Waals surface area contributed by atoms with Gasteiger partial charge in [0.1, 0.15) is 5.75 Å². The molecule has 0 aromatic heterocycles. The first kappa shape index (κ1) is 18.4. The third kappa shape index (κ3) is 4.14. The van der Waals surface area contributed by atoms with E-state index in [1.807, 2.05) is 37.3 Å². The SMILES string of the molecule is Cc1ccccc1C1=N/C(=C\c2cccc(OC(=O)c3ccccc3)c2)C(=O)O1. The maximum absolute atomic E-state index is 12.2. The first-order valence-corrected chi connectivity index (χ1v) is 9.06. The van der Waals surface area contributed by atoms with Gasteiger partial charge in [-0.1, -0.05) is 48.5 Å². The molecule has 0 saturated heterocycles. The van der Waals surface area contributed by atoms with Crippen molar-refractivity contribution in [2.45, 2.75) is 6.92 Å². The van der Waals surface area contributed by atoms with Crippen LogP contribution in [0.15, 0.2) is 89.6 Å². The molecule has 0 atom stereocenters. The Hall–Kier alpha value is -3.99. The van der Waals surface area contributed by atoms with Crippen LogP contribution in [0.5, 0.6) is 5.75 Å². The molecule has 1 heterocycles. The van der Waals surface area contributed by atoms with Crippen LogP contribution in [0.4, 0.5) is 0 Å². The largest absolute Gasteiger partial charge is 0.423 e. The number of nitrogens with zero attached hydrogens (tertiary/aromatic N) is 1. The van der Waals surface area contributed by atoms with Crippen molar-refractivity contribution in [1.29, 1.82) is 0 Å². The molecule has 0 bridgehead atoms. The van der Waals surface area contributed by atoms with Gasteiger partial charge < -0.3 is 9.47 Å². The van der Waals surface area contributed by atoms with Crippen LogP contribution in [0.25, 0.3) is 6.08 Å². The highest BCUT2D eigenvalue weighted by Gasteiger charge is 2.25. The molecule has 1 aliphatic rings. The van der Waals surface area contributed by atoms with Gasteiger partial charge in [0.05, 0.1) is 5.56 Å². The Bertz CT molecular complexity index is 1150. The van der Waals surface area contributed by atoms with Gasteiger partial charge in [-0.05, 0) is 54.5 Å². The van der Waals surface area contributed by atoms with E-state index < -0.39 is 11.9 Å². The number of cyclic esters (lactones) is 1. The number of hydrogen-bond donors (Lipinski definition) is 0. The Kier molecular flexibility index (Phi) is 5.03. The Balaban J connectivity index is 1.57. The minimum absolute atomic E-state index is 0.190. The van der Waals surface area contributed by atoms with Crippen molar-refractivity contribution >= 4 is 23.9 Å². The number of carbonyl (C=O) groups is 2. The smallest absolute Gasteiger partial charge is 0.363 e. The molecule has 0 aliphatic carbocycles. The van der Waals surface area contributed by atoms with E-state index in [1.54, 1.807) is 54.6 Å². The fourth-order valence-electron chi connectivity index (χ4n) is 2.90. The summed E-state index contributed by atoms with van der Waals surface area (Å²) in [7, 11) is 0. The van der Waals surface area contributed by atoms with Gasteiger partial charge in [-0.25, -0.2) is 14.6 Å². The molecule has 0 radical (unpaired) electrons. The van der Waals surface area contributed by atoms with Crippen LogP contribution in [-0.2, 0) is 9.53 Å². The quantitative estimate of drug-likeness (QED) is 0.376. The zero-order valence-electron chi connectivity index (χ0n) is 15.7. The van der Waals surface area contributed by atoms with E-state index in [0.717, 1.165) is 11.1 Å². The summed E-state index contributed by atoms with van der Waals surface area (Å²) in [5.74, 6) is -0.306. The molecular weight excluding hydrogens is 366 g/mol. The van der Waals surface area contributed by atoms with Crippen molar-refractivity contribution in [1.82, 2.24) is 0 Å². The molecule has 3 aromatic rings. The molecule has 4 rings (SSSR count). The molecule has 0 fully saturated rings. The second-order valence-corrected chi connectivity index (χ2v) is 6.48. The van der Waals surface area contributed by atoms with Crippen molar-refractivity contribution in [2.24, 2.45) is 4.99 Å². The molecule has 5 heteroatoms. The highest BCUT2D eigenvalue weighted by molar-refractivity contribution is 6.13. The number of carbonyl (C=O) groups excluding carboxylic acids is 2. The summed E-state index contributed by atoms with van der Waals surface area (Å²) < 4.78 is 10.7. The molecule has 5 nitrogen and oxygen atoms in total. The lowest BCUT2D eigenvalue weighted by molar-refractivity contribution is -0.129. The number of aryl methyl sites for hydroxylation is 1. The first-order valence-electron chi connectivity index (χ1n) is 9.06. The highest BCUT2D eigenvalue weighted by atomic mass is 16.6. The zero-order chi connectivity index (χ0) is 20.2. The van der Waals surface area contributed by atoms with Gasteiger partial charge in [0.2, 0.25) is 5.90 Å². The molecule has 142 valence electrons. The number of ether oxygens (including phenoxy) is 2. The number of hydrogen-bond acceptors (Lipinski definition) is 5. The van der Waals surface area contributed by atoms with Crippen molar-refractivity contribution in [3.63, 3.8) is 0 Å². The maximum Gasteiger partial charge on any atom is 0.363 e. The standard InChI is InChI=1S/C24H17NO4/c1-16-8-5-6-13-20(16)22-25-21(24(27)29-22)15-17-9-7-12-19(14-17)28-23(26)18-10-3-2-4-11-18/h2-15H,1H3/b21-15-. The van der Waals surface area contributed by atoms with Crippen LogP contribution in [0.2, 0.25) is 0 Å². The predicted molar refractivity (Wildman–Crippen MR) is 110 cm³/mol. The van der Waals surface area contributed by atoms with Crippen LogP contribution in [0.3, 0.4) is 0 Å². The van der Waals surface area contributed by atoms with Gasteiger partial charge in [-0.3, -0.25) is 0 Å². The summed E-state index contributed by atoms with van der Waals surface area (Å²) in [6, 6.07) is 23.2. The Morgan fingerprint density at radius 3 is 2.52 bits per heavy atom. The van der Waals surface area contributed by atoms with Gasteiger partial charge in [-0.15, -0.1) is 0 Å². The summed E-state index contributed by atoms with van der Waals surface area (Å²) in [5, 5.41) is 0. The Morgan fingerprint density at radius 2 is 1.72 bits per heavy atom. The van der Waals surface area contributed by atoms with E-state index in [1.165, 1.54) is 0 Å². The number of esters is 2. The normalized spacial score (nSPS) is 14.4. The summed E-state index contributed by atoms with van der Waals surface area (Å²) in [5.41, 5.74) is 3.06. The third-order valence-corrected chi connectivity index (χ3v) is 4.38. The monoisotopic (exact) mass is 383 g/mol. The van der Waals surface area contributed by atoms with Crippen LogP contribution in [0, 0.1) is 6.92 Å². The third-order valence-electron chi connectivity index (χ3n) is 4.38. The van der Waals surface area contributed by atoms with Crippen molar-refractivity contribution in [3.8, 4) is 5.75 Å². The Morgan fingerprint density at radius 1 is 0.966 bits per heavy atom. The van der Waals surface area contributed by atoms with Crippen molar-refractivity contribution < 1.29 is 19.1 Å². The second kappa shape index (κ2) is 7.94. The summed E-state index contributed by atoms with van der Waals surface area (Å²) in [6.45, 7) is 1.93. The number of aliphatic imine (C=N–C) groups is 1. The van der Waals surface area contributed by atoms with E-state index in [2.05, 4.69) is 4.99 Å². The molecule has 0 saturated carbocycles. The minimum Gasteiger partial charge on any atom is -0.423 e. The molecular formula is C24H17NO4. The lowest BCUT2D eigenvalue weighted by Gasteiger charge is -2.05. The second-order valence-electron chi connectivity index (χ2n) is 6.48. The van der Waals surface area contributed by atoms with Crippen LogP contribution < -0.4 is 4.74 Å². The number of benzene rings is 3. The summed E-state index contributed by atoms with van der Waals surface area (Å²) in [6.07, 6.45) is 1.60. The predicted octanol–water partition coefficient (Wildman–Crippen LogP) is 4.56. The highest BCUT2D eigenvalue weighted by Crippen LogP contribution is 2.23. The lowest BCUT2D eigenvalue weighted by atomic mass is 10.1. The maximum atomic E-state index is 12.2. The molecule has 3 aromatic carbocycles. The van der Waals surface area contributed by atoms with Crippen LogP contribution >= 0.6 is 0 Å². The fraction of sp³-hybridized carbons (Fsp3) is 0.0417. The molecule has 1 aliphatic heterocycles. The summed E-state index contributed by atoms with van der Waals surface area (Å²) >= 11 is 0. The minimum atomic E-state index is -0.519. The molecule has 0 N–H and O–H groups in total. The van der Waals surface area contributed by atoms with Crippen LogP contribution in [-0.4, -0.2) is 17.8 Å². The van der Waals surface area contributed by atoms with E-state index in [4.69, 9.17) is 9.47 Å². The van der Waals surface area contributed by atoms with Crippen LogP contribution in [0.1, 0.15) is 27.0 Å². The van der Waals surface area contributed by atoms with Gasteiger partial charge in [0.25, 0.3) is 0 Å². The van der Waals surface area contributed by atoms with Gasteiger partial charge in [0.15, 0.2) is 5.70 Å². The van der Waals surface area contributed by atoms with E-state index in [-0.39, 0.29) is 11.6 Å². The average molecular weight is 383 g/mol.